The third-order valence-electron chi connectivity index (χ3n) is 2.86. The SMILES string of the molecule is CC1CNCCN(c2cccc(Cl)c2Cl)C1. The van der Waals surface area contributed by atoms with Crippen LogP contribution in [0.2, 0.25) is 10.0 Å². The van der Waals surface area contributed by atoms with Crippen LogP contribution in [0.1, 0.15) is 6.92 Å². The molecular formula is C12H16Cl2N2. The molecule has 2 rings (SSSR count). The summed E-state index contributed by atoms with van der Waals surface area (Å²) >= 11 is 12.3. The molecule has 1 unspecified atom stereocenters. The zero-order valence-corrected chi connectivity index (χ0v) is 10.9. The normalized spacial score (nSPS) is 21.9. The van der Waals surface area contributed by atoms with E-state index in [1.807, 2.05) is 18.2 Å². The Morgan fingerprint density at radius 2 is 2.19 bits per heavy atom. The van der Waals surface area contributed by atoms with Crippen molar-refractivity contribution in [3.63, 3.8) is 0 Å². The van der Waals surface area contributed by atoms with Crippen molar-refractivity contribution < 1.29 is 0 Å². The molecule has 0 spiro atoms. The van der Waals surface area contributed by atoms with E-state index in [1.54, 1.807) is 0 Å². The minimum Gasteiger partial charge on any atom is -0.369 e. The number of hydrogen-bond donors (Lipinski definition) is 1. The standard InChI is InChI=1S/C12H16Cl2N2/c1-9-7-15-5-6-16(8-9)11-4-2-3-10(13)12(11)14/h2-4,9,15H,5-8H2,1H3. The van der Waals surface area contributed by atoms with Crippen LogP contribution in [0.25, 0.3) is 0 Å². The minimum absolute atomic E-state index is 0.623. The lowest BCUT2D eigenvalue weighted by Crippen LogP contribution is -2.29. The number of hydrogen-bond acceptors (Lipinski definition) is 2. The van der Waals surface area contributed by atoms with Crippen molar-refractivity contribution in [1.82, 2.24) is 5.32 Å². The van der Waals surface area contributed by atoms with Crippen molar-refractivity contribution in [2.75, 3.05) is 31.1 Å². The highest BCUT2D eigenvalue weighted by Gasteiger charge is 2.17. The molecule has 0 radical (unpaired) electrons. The van der Waals surface area contributed by atoms with Crippen molar-refractivity contribution in [3.05, 3.63) is 28.2 Å². The Morgan fingerprint density at radius 3 is 3.00 bits per heavy atom. The summed E-state index contributed by atoms with van der Waals surface area (Å²) in [4.78, 5) is 2.30. The lowest BCUT2D eigenvalue weighted by Gasteiger charge is -2.25. The second-order valence-electron chi connectivity index (χ2n) is 4.33. The fourth-order valence-electron chi connectivity index (χ4n) is 2.05. The lowest BCUT2D eigenvalue weighted by atomic mass is 10.1. The molecule has 4 heteroatoms. The molecule has 1 N–H and O–H groups in total. The highest BCUT2D eigenvalue weighted by atomic mass is 35.5. The van der Waals surface area contributed by atoms with Gasteiger partial charge in [-0.1, -0.05) is 36.2 Å². The van der Waals surface area contributed by atoms with Crippen LogP contribution in [0.5, 0.6) is 0 Å². The Hall–Kier alpha value is -0.440. The second-order valence-corrected chi connectivity index (χ2v) is 5.11. The molecule has 0 aromatic heterocycles. The maximum atomic E-state index is 6.23. The predicted molar refractivity (Wildman–Crippen MR) is 70.7 cm³/mol. The molecule has 0 amide bonds. The van der Waals surface area contributed by atoms with Gasteiger partial charge in [-0.2, -0.15) is 0 Å². The monoisotopic (exact) mass is 258 g/mol. The van der Waals surface area contributed by atoms with Crippen LogP contribution in [-0.2, 0) is 0 Å². The maximum absolute atomic E-state index is 6.23. The number of halogens is 2. The van der Waals surface area contributed by atoms with E-state index >= 15 is 0 Å². The van der Waals surface area contributed by atoms with Gasteiger partial charge in [-0.25, -0.2) is 0 Å². The van der Waals surface area contributed by atoms with Crippen molar-refractivity contribution in [3.8, 4) is 0 Å². The van der Waals surface area contributed by atoms with Crippen molar-refractivity contribution >= 4 is 28.9 Å². The summed E-state index contributed by atoms with van der Waals surface area (Å²) in [6, 6.07) is 5.81. The first-order valence-corrected chi connectivity index (χ1v) is 6.33. The van der Waals surface area contributed by atoms with Crippen LogP contribution in [0.4, 0.5) is 5.69 Å². The Balaban J connectivity index is 2.24. The molecule has 0 bridgehead atoms. The summed E-state index contributed by atoms with van der Waals surface area (Å²) in [5.74, 6) is 0.623. The molecule has 1 atom stereocenters. The van der Waals surface area contributed by atoms with Gasteiger partial charge in [-0.05, 0) is 24.6 Å². The maximum Gasteiger partial charge on any atom is 0.0825 e. The summed E-state index contributed by atoms with van der Waals surface area (Å²) in [5.41, 5.74) is 1.05. The third kappa shape index (κ3) is 2.62. The van der Waals surface area contributed by atoms with E-state index in [2.05, 4.69) is 17.1 Å². The summed E-state index contributed by atoms with van der Waals surface area (Å²) in [6.07, 6.45) is 0. The number of anilines is 1. The van der Waals surface area contributed by atoms with E-state index < -0.39 is 0 Å². The van der Waals surface area contributed by atoms with Crippen LogP contribution in [0.15, 0.2) is 18.2 Å². The van der Waals surface area contributed by atoms with Gasteiger partial charge in [-0.15, -0.1) is 0 Å². The third-order valence-corrected chi connectivity index (χ3v) is 3.66. The van der Waals surface area contributed by atoms with Gasteiger partial charge in [0.05, 0.1) is 15.7 Å². The molecule has 0 saturated carbocycles. The van der Waals surface area contributed by atoms with E-state index in [9.17, 15) is 0 Å². The van der Waals surface area contributed by atoms with Crippen LogP contribution in [0.3, 0.4) is 0 Å². The zero-order chi connectivity index (χ0) is 11.5. The summed E-state index contributed by atoms with van der Waals surface area (Å²) in [7, 11) is 0. The molecule has 1 aromatic carbocycles. The molecule has 16 heavy (non-hydrogen) atoms. The summed E-state index contributed by atoms with van der Waals surface area (Å²) < 4.78 is 0. The van der Waals surface area contributed by atoms with Crippen molar-refractivity contribution in [2.45, 2.75) is 6.92 Å². The van der Waals surface area contributed by atoms with Crippen LogP contribution < -0.4 is 10.2 Å². The molecule has 1 heterocycles. The Kier molecular flexibility index (Phi) is 3.95. The fraction of sp³-hybridized carbons (Fsp3) is 0.500. The first-order chi connectivity index (χ1) is 7.68. The molecular weight excluding hydrogens is 243 g/mol. The van der Waals surface area contributed by atoms with Crippen molar-refractivity contribution in [2.24, 2.45) is 5.92 Å². The molecule has 0 aliphatic carbocycles. The molecule has 1 aliphatic heterocycles. The van der Waals surface area contributed by atoms with Gasteiger partial charge in [0, 0.05) is 19.6 Å². The van der Waals surface area contributed by atoms with E-state index in [4.69, 9.17) is 23.2 Å². The zero-order valence-electron chi connectivity index (χ0n) is 9.34. The topological polar surface area (TPSA) is 15.3 Å². The highest BCUT2D eigenvalue weighted by Crippen LogP contribution is 2.32. The van der Waals surface area contributed by atoms with E-state index in [0.717, 1.165) is 31.9 Å². The largest absolute Gasteiger partial charge is 0.369 e. The van der Waals surface area contributed by atoms with E-state index in [0.29, 0.717) is 16.0 Å². The predicted octanol–water partition coefficient (Wildman–Crippen LogP) is 3.04. The highest BCUT2D eigenvalue weighted by molar-refractivity contribution is 6.43. The average Bonchev–Trinajstić information content (AvgIpc) is 2.47. The summed E-state index contributed by atoms with van der Waals surface area (Å²) in [6.45, 7) is 6.29. The molecule has 88 valence electrons. The number of nitrogens with one attached hydrogen (secondary N) is 1. The molecule has 1 fully saturated rings. The number of nitrogens with zero attached hydrogens (tertiary/aromatic N) is 1. The van der Waals surface area contributed by atoms with Crippen molar-refractivity contribution in [1.29, 1.82) is 0 Å². The molecule has 1 aromatic rings. The molecule has 1 aliphatic rings. The first kappa shape index (κ1) is 12.0. The van der Waals surface area contributed by atoms with Crippen LogP contribution in [-0.4, -0.2) is 26.2 Å². The van der Waals surface area contributed by atoms with Gasteiger partial charge in [0.15, 0.2) is 0 Å². The van der Waals surface area contributed by atoms with Gasteiger partial charge in [0.25, 0.3) is 0 Å². The lowest BCUT2D eigenvalue weighted by molar-refractivity contribution is 0.564. The van der Waals surface area contributed by atoms with Gasteiger partial charge in [0.2, 0.25) is 0 Å². The van der Waals surface area contributed by atoms with Crippen LogP contribution in [0, 0.1) is 5.92 Å². The molecule has 1 saturated heterocycles. The molecule has 2 nitrogen and oxygen atoms in total. The van der Waals surface area contributed by atoms with E-state index in [-0.39, 0.29) is 0 Å². The first-order valence-electron chi connectivity index (χ1n) is 5.58. The minimum atomic E-state index is 0.623. The Labute approximate surface area is 107 Å². The Morgan fingerprint density at radius 1 is 1.38 bits per heavy atom. The number of benzene rings is 1. The fourth-order valence-corrected chi connectivity index (χ4v) is 2.47. The Bertz CT molecular complexity index is 368. The van der Waals surface area contributed by atoms with E-state index in [1.165, 1.54) is 0 Å². The van der Waals surface area contributed by atoms with Gasteiger partial charge >= 0.3 is 0 Å². The quantitative estimate of drug-likeness (QED) is 0.833. The smallest absolute Gasteiger partial charge is 0.0825 e. The van der Waals surface area contributed by atoms with Crippen LogP contribution >= 0.6 is 23.2 Å². The number of rotatable bonds is 1. The summed E-state index contributed by atoms with van der Waals surface area (Å²) in [5, 5.41) is 4.71. The van der Waals surface area contributed by atoms with Gasteiger partial charge in [0.1, 0.15) is 0 Å². The van der Waals surface area contributed by atoms with Gasteiger partial charge < -0.3 is 10.2 Å². The average molecular weight is 259 g/mol. The van der Waals surface area contributed by atoms with Gasteiger partial charge in [-0.3, -0.25) is 0 Å². The second kappa shape index (κ2) is 5.26.